The quantitative estimate of drug-likeness (QED) is 0.345. The number of methoxy groups -OCH3 is 1. The molecular formula is C32H44F3N7O3. The van der Waals surface area contributed by atoms with E-state index in [0.717, 1.165) is 70.8 Å². The number of alkyl halides is 3. The molecule has 2 unspecified atom stereocenters. The molecule has 5 rings (SSSR count). The fourth-order valence-corrected chi connectivity index (χ4v) is 6.87. The Hall–Kier alpha value is -3.45. The van der Waals surface area contributed by atoms with E-state index in [1.54, 1.807) is 18.2 Å². The molecule has 3 N–H and O–H groups in total. The fraction of sp³-hybridized carbons (Fsp3) is 0.625. The van der Waals surface area contributed by atoms with Gasteiger partial charge in [-0.2, -0.15) is 13.2 Å². The second-order valence-corrected chi connectivity index (χ2v) is 12.5. The fourth-order valence-electron chi connectivity index (χ4n) is 6.87. The topological polar surface area (TPSA) is 112 Å². The van der Waals surface area contributed by atoms with E-state index in [-0.39, 0.29) is 54.0 Å². The van der Waals surface area contributed by atoms with Crippen molar-refractivity contribution in [3.63, 3.8) is 0 Å². The van der Waals surface area contributed by atoms with Crippen LogP contribution in [0.4, 0.5) is 24.8 Å². The summed E-state index contributed by atoms with van der Waals surface area (Å²) in [5.74, 6) is 0.424. The van der Waals surface area contributed by atoms with E-state index in [1.165, 1.54) is 7.11 Å². The average Bonchev–Trinajstić information content (AvgIpc) is 3.46. The van der Waals surface area contributed by atoms with Crippen LogP contribution < -0.4 is 20.7 Å². The van der Waals surface area contributed by atoms with Crippen molar-refractivity contribution in [2.75, 3.05) is 39.1 Å². The second-order valence-electron chi connectivity index (χ2n) is 12.5. The SMILES string of the molecule is COc1cc(C(=O)NC2CCN(C)CC2)ccc1Nc1ncc(C(F)(F)F)c(CNC(C)C2CCCC[C@H]2N2CCCC2=O)n1. The number of anilines is 2. The molecule has 3 atom stereocenters. The molecule has 2 aliphatic heterocycles. The molecule has 2 amide bonds. The first-order valence-electron chi connectivity index (χ1n) is 15.9. The normalized spacial score (nSPS) is 22.4. The van der Waals surface area contributed by atoms with Crippen molar-refractivity contribution < 1.29 is 27.5 Å². The molecule has 246 valence electrons. The van der Waals surface area contributed by atoms with Gasteiger partial charge in [-0.25, -0.2) is 9.97 Å². The van der Waals surface area contributed by atoms with Gasteiger partial charge in [-0.15, -0.1) is 0 Å². The van der Waals surface area contributed by atoms with Gasteiger partial charge in [0.05, 0.1) is 24.1 Å². The predicted octanol–water partition coefficient (Wildman–Crippen LogP) is 4.73. The number of nitrogens with one attached hydrogen (secondary N) is 3. The molecule has 2 aromatic rings. The Morgan fingerprint density at radius 2 is 1.87 bits per heavy atom. The molecule has 0 spiro atoms. The van der Waals surface area contributed by atoms with E-state index < -0.39 is 11.7 Å². The van der Waals surface area contributed by atoms with Gasteiger partial charge in [0, 0.05) is 49.4 Å². The lowest BCUT2D eigenvalue weighted by Gasteiger charge is -2.41. The van der Waals surface area contributed by atoms with Crippen LogP contribution >= 0.6 is 0 Å². The third-order valence-corrected chi connectivity index (χ3v) is 9.46. The zero-order chi connectivity index (χ0) is 32.1. The number of piperidine rings is 1. The van der Waals surface area contributed by atoms with Crippen LogP contribution in [-0.2, 0) is 17.5 Å². The summed E-state index contributed by atoms with van der Waals surface area (Å²) in [5, 5.41) is 9.33. The molecule has 1 saturated carbocycles. The summed E-state index contributed by atoms with van der Waals surface area (Å²) in [5.41, 5.74) is -0.249. The molecule has 0 bridgehead atoms. The maximum atomic E-state index is 14.0. The summed E-state index contributed by atoms with van der Waals surface area (Å²) < 4.78 is 47.5. The van der Waals surface area contributed by atoms with Crippen molar-refractivity contribution >= 4 is 23.5 Å². The molecule has 3 heterocycles. The number of carbonyl (C=O) groups is 2. The van der Waals surface area contributed by atoms with Gasteiger partial charge in [-0.3, -0.25) is 9.59 Å². The van der Waals surface area contributed by atoms with Crippen LogP contribution in [0.5, 0.6) is 5.75 Å². The number of hydrogen-bond acceptors (Lipinski definition) is 8. The highest BCUT2D eigenvalue weighted by Gasteiger charge is 2.38. The van der Waals surface area contributed by atoms with Crippen molar-refractivity contribution in [1.29, 1.82) is 0 Å². The van der Waals surface area contributed by atoms with E-state index in [0.29, 0.717) is 23.4 Å². The minimum absolute atomic E-state index is 0.0208. The van der Waals surface area contributed by atoms with Gasteiger partial charge in [0.15, 0.2) is 0 Å². The molecule has 3 aliphatic rings. The zero-order valence-electron chi connectivity index (χ0n) is 26.3. The summed E-state index contributed by atoms with van der Waals surface area (Å²) in [6, 6.07) is 4.93. The summed E-state index contributed by atoms with van der Waals surface area (Å²) in [7, 11) is 3.51. The average molecular weight is 632 g/mol. The van der Waals surface area contributed by atoms with E-state index >= 15 is 0 Å². The Morgan fingerprint density at radius 3 is 2.56 bits per heavy atom. The minimum atomic E-state index is -4.63. The smallest absolute Gasteiger partial charge is 0.419 e. The number of amides is 2. The molecule has 0 radical (unpaired) electrons. The van der Waals surface area contributed by atoms with Crippen LogP contribution in [0.2, 0.25) is 0 Å². The molecule has 2 saturated heterocycles. The summed E-state index contributed by atoms with van der Waals surface area (Å²) in [6.07, 6.45) is 3.24. The standard InChI is InChI=1S/C32H44F3N7O3/c1-20(23-7-4-5-8-27(23)42-14-6-9-29(42)43)36-19-26-24(32(33,34)35)18-37-31(40-26)39-25-11-10-21(17-28(25)45-3)30(44)38-22-12-15-41(2)16-13-22/h10-11,17-18,20,22-23,27,36H,4-9,12-16,19H2,1-3H3,(H,38,44)(H,37,39,40)/t20?,23?,27-/m1/s1. The Morgan fingerprint density at radius 1 is 1.11 bits per heavy atom. The number of carbonyl (C=O) groups excluding carboxylic acids is 2. The summed E-state index contributed by atoms with van der Waals surface area (Å²) in [4.78, 5) is 37.8. The first-order chi connectivity index (χ1) is 21.5. The minimum Gasteiger partial charge on any atom is -0.495 e. The lowest BCUT2D eigenvalue weighted by molar-refractivity contribution is -0.139. The number of nitrogens with zero attached hydrogens (tertiary/aromatic N) is 4. The summed E-state index contributed by atoms with van der Waals surface area (Å²) >= 11 is 0. The molecule has 1 aliphatic carbocycles. The molecule has 45 heavy (non-hydrogen) atoms. The molecule has 1 aromatic heterocycles. The van der Waals surface area contributed by atoms with E-state index in [1.807, 2.05) is 11.8 Å². The van der Waals surface area contributed by atoms with Gasteiger partial charge in [0.2, 0.25) is 11.9 Å². The molecule has 13 heteroatoms. The highest BCUT2D eigenvalue weighted by atomic mass is 19.4. The van der Waals surface area contributed by atoms with E-state index in [4.69, 9.17) is 4.74 Å². The maximum absolute atomic E-state index is 14.0. The van der Waals surface area contributed by atoms with Gasteiger partial charge in [-0.05, 0) is 83.3 Å². The Labute approximate surface area is 262 Å². The first kappa shape index (κ1) is 32.9. The second kappa shape index (κ2) is 14.3. The zero-order valence-corrected chi connectivity index (χ0v) is 26.3. The molecule has 3 fully saturated rings. The van der Waals surface area contributed by atoms with Gasteiger partial charge in [-0.1, -0.05) is 12.8 Å². The van der Waals surface area contributed by atoms with Crippen LogP contribution in [0, 0.1) is 5.92 Å². The summed E-state index contributed by atoms with van der Waals surface area (Å²) in [6.45, 7) is 4.45. The van der Waals surface area contributed by atoms with E-state index in [2.05, 4.69) is 37.9 Å². The first-order valence-corrected chi connectivity index (χ1v) is 15.9. The van der Waals surface area contributed by atoms with Crippen LogP contribution in [0.25, 0.3) is 0 Å². The van der Waals surface area contributed by atoms with Gasteiger partial charge >= 0.3 is 6.18 Å². The Balaban J connectivity index is 1.28. The van der Waals surface area contributed by atoms with Crippen molar-refractivity contribution in [3.8, 4) is 5.75 Å². The highest BCUT2D eigenvalue weighted by molar-refractivity contribution is 5.95. The third-order valence-electron chi connectivity index (χ3n) is 9.46. The van der Waals surface area contributed by atoms with Crippen LogP contribution in [0.1, 0.15) is 79.9 Å². The maximum Gasteiger partial charge on any atom is 0.419 e. The van der Waals surface area contributed by atoms with Crippen LogP contribution in [0.3, 0.4) is 0 Å². The Bertz CT molecular complexity index is 1350. The van der Waals surface area contributed by atoms with Gasteiger partial charge in [0.25, 0.3) is 5.91 Å². The van der Waals surface area contributed by atoms with E-state index in [9.17, 15) is 22.8 Å². The number of aromatic nitrogens is 2. The number of hydrogen-bond donors (Lipinski definition) is 3. The third kappa shape index (κ3) is 8.04. The van der Waals surface area contributed by atoms with Crippen LogP contribution in [-0.4, -0.2) is 83.5 Å². The monoisotopic (exact) mass is 631 g/mol. The number of benzene rings is 1. The highest BCUT2D eigenvalue weighted by Crippen LogP contribution is 2.35. The number of likely N-dealkylation sites (tertiary alicyclic amines) is 2. The Kier molecular flexibility index (Phi) is 10.5. The lowest BCUT2D eigenvalue weighted by atomic mass is 9.79. The molecule has 1 aromatic carbocycles. The van der Waals surface area contributed by atoms with Gasteiger partial charge in [0.1, 0.15) is 5.75 Å². The number of halogens is 3. The lowest BCUT2D eigenvalue weighted by Crippen LogP contribution is -2.50. The van der Waals surface area contributed by atoms with Crippen molar-refractivity contribution in [3.05, 3.63) is 41.2 Å². The largest absolute Gasteiger partial charge is 0.495 e. The molecular weight excluding hydrogens is 587 g/mol. The van der Waals surface area contributed by atoms with Crippen molar-refractivity contribution in [2.24, 2.45) is 5.92 Å². The molecule has 10 nitrogen and oxygen atoms in total. The predicted molar refractivity (Wildman–Crippen MR) is 164 cm³/mol. The number of rotatable bonds is 10. The van der Waals surface area contributed by atoms with Gasteiger partial charge < -0.3 is 30.5 Å². The number of ether oxygens (including phenoxy) is 1. The van der Waals surface area contributed by atoms with Crippen molar-refractivity contribution in [2.45, 2.75) is 89.1 Å². The van der Waals surface area contributed by atoms with Crippen molar-refractivity contribution in [1.82, 2.24) is 30.4 Å². The van der Waals surface area contributed by atoms with Crippen LogP contribution in [0.15, 0.2) is 24.4 Å².